The highest BCUT2D eigenvalue weighted by molar-refractivity contribution is 7.80. The summed E-state index contributed by atoms with van der Waals surface area (Å²) in [4.78, 5) is 2.30. The summed E-state index contributed by atoms with van der Waals surface area (Å²) in [5, 5.41) is 4.07. The topological polar surface area (TPSA) is 62.9 Å². The van der Waals surface area contributed by atoms with E-state index in [0.29, 0.717) is 0 Å². The fourth-order valence-electron chi connectivity index (χ4n) is 1.76. The second-order valence-corrected chi connectivity index (χ2v) is 4.37. The summed E-state index contributed by atoms with van der Waals surface area (Å²) in [7, 11) is 0. The molecular formula is C12H16N4OS. The van der Waals surface area contributed by atoms with Crippen LogP contribution in [0.5, 0.6) is 0 Å². The first-order valence-electron chi connectivity index (χ1n) is 5.77. The predicted molar refractivity (Wildman–Crippen MR) is 77.0 cm³/mol. The summed E-state index contributed by atoms with van der Waals surface area (Å²) in [6.07, 6.45) is 1.68. The number of nitrogens with two attached hydrogens (primary N) is 1. The highest BCUT2D eigenvalue weighted by atomic mass is 32.1. The lowest BCUT2D eigenvalue weighted by Crippen LogP contribution is -2.36. The largest absolute Gasteiger partial charge is 0.378 e. The lowest BCUT2D eigenvalue weighted by Gasteiger charge is -2.28. The van der Waals surface area contributed by atoms with E-state index in [4.69, 9.17) is 10.5 Å². The van der Waals surface area contributed by atoms with Gasteiger partial charge in [0.1, 0.15) is 0 Å². The van der Waals surface area contributed by atoms with Crippen LogP contribution in [-0.4, -0.2) is 37.6 Å². The zero-order chi connectivity index (χ0) is 12.8. The van der Waals surface area contributed by atoms with Crippen LogP contribution in [0.3, 0.4) is 0 Å². The Bertz CT molecular complexity index is 426. The second kappa shape index (κ2) is 6.32. The molecule has 1 aliphatic heterocycles. The summed E-state index contributed by atoms with van der Waals surface area (Å²) in [6.45, 7) is 3.47. The van der Waals surface area contributed by atoms with Gasteiger partial charge in [0.15, 0.2) is 5.11 Å². The Balaban J connectivity index is 1.96. The third-order valence-corrected chi connectivity index (χ3v) is 2.75. The Morgan fingerprint density at radius 1 is 1.33 bits per heavy atom. The van der Waals surface area contributed by atoms with E-state index in [1.165, 1.54) is 5.69 Å². The van der Waals surface area contributed by atoms with Gasteiger partial charge in [-0.15, -0.1) is 0 Å². The monoisotopic (exact) mass is 264 g/mol. The maximum Gasteiger partial charge on any atom is 0.184 e. The molecule has 0 aliphatic carbocycles. The van der Waals surface area contributed by atoms with E-state index in [1.807, 2.05) is 12.1 Å². The SMILES string of the molecule is NC(=S)N/N=C\c1ccc(N2CCOCC2)cc1. The van der Waals surface area contributed by atoms with Crippen molar-refractivity contribution in [3.63, 3.8) is 0 Å². The summed E-state index contributed by atoms with van der Waals surface area (Å²) in [6, 6.07) is 8.17. The van der Waals surface area contributed by atoms with Gasteiger partial charge in [0.25, 0.3) is 0 Å². The Hall–Kier alpha value is -1.66. The molecule has 96 valence electrons. The molecule has 18 heavy (non-hydrogen) atoms. The van der Waals surface area contributed by atoms with Crippen molar-refractivity contribution in [2.75, 3.05) is 31.2 Å². The third kappa shape index (κ3) is 3.68. The average Bonchev–Trinajstić information content (AvgIpc) is 2.40. The van der Waals surface area contributed by atoms with E-state index in [0.717, 1.165) is 31.9 Å². The molecule has 0 saturated carbocycles. The van der Waals surface area contributed by atoms with Gasteiger partial charge in [-0.1, -0.05) is 12.1 Å². The van der Waals surface area contributed by atoms with E-state index in [1.54, 1.807) is 6.21 Å². The molecule has 3 N–H and O–H groups in total. The maximum atomic E-state index is 5.33. The Labute approximate surface area is 112 Å². The second-order valence-electron chi connectivity index (χ2n) is 3.93. The van der Waals surface area contributed by atoms with Crippen LogP contribution in [-0.2, 0) is 4.74 Å². The number of hydrogen-bond acceptors (Lipinski definition) is 4. The number of anilines is 1. The van der Waals surface area contributed by atoms with Crippen molar-refractivity contribution >= 4 is 29.2 Å². The van der Waals surface area contributed by atoms with Crippen LogP contribution in [0.2, 0.25) is 0 Å². The number of nitrogens with one attached hydrogen (secondary N) is 1. The van der Waals surface area contributed by atoms with E-state index >= 15 is 0 Å². The quantitative estimate of drug-likeness (QED) is 0.478. The van der Waals surface area contributed by atoms with Gasteiger partial charge in [-0.25, -0.2) is 0 Å². The standard InChI is InChI=1S/C12H16N4OS/c13-12(18)15-14-9-10-1-3-11(4-2-10)16-5-7-17-8-6-16/h1-4,9H,5-8H2,(H3,13,15,18)/b14-9-. The number of thiocarbonyl (C=S) groups is 1. The normalized spacial score (nSPS) is 15.9. The molecule has 0 radical (unpaired) electrons. The molecule has 0 atom stereocenters. The van der Waals surface area contributed by atoms with Gasteiger partial charge in [-0.3, -0.25) is 5.43 Å². The minimum atomic E-state index is 0.163. The Morgan fingerprint density at radius 3 is 2.61 bits per heavy atom. The minimum absolute atomic E-state index is 0.163. The van der Waals surface area contributed by atoms with Gasteiger partial charge < -0.3 is 15.4 Å². The molecule has 1 heterocycles. The Kier molecular flexibility index (Phi) is 4.49. The summed E-state index contributed by atoms with van der Waals surface area (Å²) in [5.74, 6) is 0. The van der Waals surface area contributed by atoms with Crippen LogP contribution in [0, 0.1) is 0 Å². The van der Waals surface area contributed by atoms with Crippen LogP contribution in [0.15, 0.2) is 29.4 Å². The molecule has 1 aromatic carbocycles. The zero-order valence-electron chi connectivity index (χ0n) is 10.0. The smallest absolute Gasteiger partial charge is 0.184 e. The van der Waals surface area contributed by atoms with Gasteiger partial charge in [-0.2, -0.15) is 5.10 Å². The number of benzene rings is 1. The molecule has 5 nitrogen and oxygen atoms in total. The lowest BCUT2D eigenvalue weighted by molar-refractivity contribution is 0.122. The predicted octanol–water partition coefficient (Wildman–Crippen LogP) is 0.690. The molecule has 2 rings (SSSR count). The molecule has 0 amide bonds. The summed E-state index contributed by atoms with van der Waals surface area (Å²) < 4.78 is 5.33. The number of rotatable bonds is 3. The zero-order valence-corrected chi connectivity index (χ0v) is 10.8. The highest BCUT2D eigenvalue weighted by Crippen LogP contribution is 2.15. The molecule has 1 aliphatic rings. The van der Waals surface area contributed by atoms with Crippen molar-refractivity contribution in [2.24, 2.45) is 10.8 Å². The molecule has 1 aromatic rings. The lowest BCUT2D eigenvalue weighted by atomic mass is 10.2. The van der Waals surface area contributed by atoms with Crippen LogP contribution < -0.4 is 16.1 Å². The van der Waals surface area contributed by atoms with Crippen molar-refractivity contribution in [3.8, 4) is 0 Å². The van der Waals surface area contributed by atoms with E-state index in [9.17, 15) is 0 Å². The van der Waals surface area contributed by atoms with Crippen molar-refractivity contribution in [2.45, 2.75) is 0 Å². The summed E-state index contributed by atoms with van der Waals surface area (Å²) >= 11 is 4.65. The molecule has 0 spiro atoms. The Morgan fingerprint density at radius 2 is 2.00 bits per heavy atom. The van der Waals surface area contributed by atoms with Gasteiger partial charge in [0.2, 0.25) is 0 Å². The van der Waals surface area contributed by atoms with E-state index in [2.05, 4.69) is 39.8 Å². The van der Waals surface area contributed by atoms with Crippen molar-refractivity contribution in [3.05, 3.63) is 29.8 Å². The van der Waals surface area contributed by atoms with Crippen LogP contribution >= 0.6 is 12.2 Å². The van der Waals surface area contributed by atoms with Crippen LogP contribution in [0.25, 0.3) is 0 Å². The number of ether oxygens (including phenoxy) is 1. The molecule has 6 heteroatoms. The first kappa shape index (κ1) is 12.8. The fourth-order valence-corrected chi connectivity index (χ4v) is 1.82. The molecule has 1 saturated heterocycles. The fraction of sp³-hybridized carbons (Fsp3) is 0.333. The van der Waals surface area contributed by atoms with Gasteiger partial charge >= 0.3 is 0 Å². The van der Waals surface area contributed by atoms with Crippen molar-refractivity contribution in [1.29, 1.82) is 0 Å². The number of morpholine rings is 1. The molecule has 1 fully saturated rings. The summed E-state index contributed by atoms with van der Waals surface area (Å²) in [5.41, 5.74) is 9.99. The highest BCUT2D eigenvalue weighted by Gasteiger charge is 2.10. The first-order chi connectivity index (χ1) is 8.75. The average molecular weight is 264 g/mol. The van der Waals surface area contributed by atoms with E-state index < -0.39 is 0 Å². The van der Waals surface area contributed by atoms with Crippen molar-refractivity contribution in [1.82, 2.24) is 5.43 Å². The molecule has 0 bridgehead atoms. The third-order valence-electron chi connectivity index (χ3n) is 2.66. The van der Waals surface area contributed by atoms with E-state index in [-0.39, 0.29) is 5.11 Å². The molecule has 0 unspecified atom stereocenters. The molecular weight excluding hydrogens is 248 g/mol. The number of hydrogen-bond donors (Lipinski definition) is 2. The maximum absolute atomic E-state index is 5.33. The minimum Gasteiger partial charge on any atom is -0.378 e. The van der Waals surface area contributed by atoms with Gasteiger partial charge in [0.05, 0.1) is 19.4 Å². The van der Waals surface area contributed by atoms with Gasteiger partial charge in [0, 0.05) is 18.8 Å². The first-order valence-corrected chi connectivity index (χ1v) is 6.18. The molecule has 0 aromatic heterocycles. The number of nitrogens with zero attached hydrogens (tertiary/aromatic N) is 2. The van der Waals surface area contributed by atoms with Crippen LogP contribution in [0.4, 0.5) is 5.69 Å². The van der Waals surface area contributed by atoms with Crippen molar-refractivity contribution < 1.29 is 4.74 Å². The number of hydrazone groups is 1. The van der Waals surface area contributed by atoms with Crippen LogP contribution in [0.1, 0.15) is 5.56 Å². The van der Waals surface area contributed by atoms with Gasteiger partial charge in [-0.05, 0) is 29.9 Å².